The van der Waals surface area contributed by atoms with Gasteiger partial charge in [0.1, 0.15) is 0 Å². The summed E-state index contributed by atoms with van der Waals surface area (Å²) < 4.78 is 23.3. The SMILES string of the molecule is CCS(=O)(=O)c1ccc(NC[C@H](O)C(C)(C)C)cc1. The van der Waals surface area contributed by atoms with Crippen molar-refractivity contribution in [2.45, 2.75) is 38.7 Å². The van der Waals surface area contributed by atoms with Crippen molar-refractivity contribution in [3.8, 4) is 0 Å². The molecule has 1 aromatic carbocycles. The molecular formula is C14H23NO3S. The van der Waals surface area contributed by atoms with Crippen molar-refractivity contribution >= 4 is 15.5 Å². The molecule has 0 unspecified atom stereocenters. The van der Waals surface area contributed by atoms with E-state index < -0.39 is 15.9 Å². The fraction of sp³-hybridized carbons (Fsp3) is 0.571. The van der Waals surface area contributed by atoms with Crippen molar-refractivity contribution in [1.29, 1.82) is 0 Å². The summed E-state index contributed by atoms with van der Waals surface area (Å²) in [5.41, 5.74) is 0.622. The van der Waals surface area contributed by atoms with Crippen molar-refractivity contribution in [1.82, 2.24) is 0 Å². The minimum absolute atomic E-state index is 0.0997. The van der Waals surface area contributed by atoms with E-state index in [-0.39, 0.29) is 11.2 Å². The molecule has 0 aliphatic heterocycles. The lowest BCUT2D eigenvalue weighted by molar-refractivity contribution is 0.0746. The molecule has 0 fully saturated rings. The van der Waals surface area contributed by atoms with E-state index in [1.54, 1.807) is 31.2 Å². The molecule has 1 atom stereocenters. The van der Waals surface area contributed by atoms with Crippen LogP contribution in [0.5, 0.6) is 0 Å². The molecule has 2 N–H and O–H groups in total. The Morgan fingerprint density at radius 3 is 2.16 bits per heavy atom. The van der Waals surface area contributed by atoms with Crippen LogP contribution in [0, 0.1) is 5.41 Å². The van der Waals surface area contributed by atoms with Crippen molar-refractivity contribution in [2.24, 2.45) is 5.41 Å². The highest BCUT2D eigenvalue weighted by molar-refractivity contribution is 7.91. The first-order chi connectivity index (χ1) is 8.66. The van der Waals surface area contributed by atoms with Gasteiger partial charge in [-0.25, -0.2) is 8.42 Å². The Morgan fingerprint density at radius 2 is 1.74 bits per heavy atom. The fourth-order valence-corrected chi connectivity index (χ4v) is 2.35. The highest BCUT2D eigenvalue weighted by Gasteiger charge is 2.21. The first-order valence-corrected chi connectivity index (χ1v) is 8.07. The van der Waals surface area contributed by atoms with Gasteiger partial charge < -0.3 is 10.4 Å². The van der Waals surface area contributed by atoms with Gasteiger partial charge in [0, 0.05) is 12.2 Å². The summed E-state index contributed by atoms with van der Waals surface area (Å²) in [6.07, 6.45) is -0.466. The van der Waals surface area contributed by atoms with Gasteiger partial charge in [-0.3, -0.25) is 0 Å². The Hall–Kier alpha value is -1.07. The van der Waals surface area contributed by atoms with Gasteiger partial charge in [-0.05, 0) is 29.7 Å². The zero-order valence-corrected chi connectivity index (χ0v) is 12.8. The summed E-state index contributed by atoms with van der Waals surface area (Å²) in [6.45, 7) is 7.97. The van der Waals surface area contributed by atoms with Crippen LogP contribution in [0.3, 0.4) is 0 Å². The Balaban J connectivity index is 2.69. The minimum atomic E-state index is -3.15. The molecule has 0 saturated carbocycles. The van der Waals surface area contributed by atoms with Crippen molar-refractivity contribution in [2.75, 3.05) is 17.6 Å². The molecule has 0 spiro atoms. The Kier molecular flexibility index (Phi) is 4.98. The van der Waals surface area contributed by atoms with Crippen LogP contribution < -0.4 is 5.32 Å². The second kappa shape index (κ2) is 5.92. The summed E-state index contributed by atoms with van der Waals surface area (Å²) >= 11 is 0. The number of hydrogen-bond acceptors (Lipinski definition) is 4. The van der Waals surface area contributed by atoms with Gasteiger partial charge in [0.25, 0.3) is 0 Å². The number of nitrogens with one attached hydrogen (secondary N) is 1. The van der Waals surface area contributed by atoms with Gasteiger partial charge in [-0.1, -0.05) is 27.7 Å². The van der Waals surface area contributed by atoms with Gasteiger partial charge in [0.05, 0.1) is 16.8 Å². The minimum Gasteiger partial charge on any atom is -0.391 e. The van der Waals surface area contributed by atoms with E-state index in [1.807, 2.05) is 20.8 Å². The van der Waals surface area contributed by atoms with Gasteiger partial charge >= 0.3 is 0 Å². The maximum Gasteiger partial charge on any atom is 0.178 e. The normalized spacial score (nSPS) is 14.2. The molecule has 0 bridgehead atoms. The predicted molar refractivity (Wildman–Crippen MR) is 78.1 cm³/mol. The summed E-state index contributed by atoms with van der Waals surface area (Å²) in [4.78, 5) is 0.330. The average molecular weight is 285 g/mol. The number of aliphatic hydroxyl groups excluding tert-OH is 1. The number of aliphatic hydroxyl groups is 1. The molecule has 0 heterocycles. The summed E-state index contributed by atoms with van der Waals surface area (Å²) in [5, 5.41) is 13.0. The largest absolute Gasteiger partial charge is 0.391 e. The molecule has 0 amide bonds. The Morgan fingerprint density at radius 1 is 1.21 bits per heavy atom. The lowest BCUT2D eigenvalue weighted by atomic mass is 9.89. The molecule has 0 aliphatic rings. The standard InChI is InChI=1S/C14H23NO3S/c1-5-19(17,18)12-8-6-11(7-9-12)15-10-13(16)14(2,3)4/h6-9,13,15-16H,5,10H2,1-4H3/t13-/m0/s1. The van der Waals surface area contributed by atoms with E-state index in [0.717, 1.165) is 5.69 Å². The van der Waals surface area contributed by atoms with Gasteiger partial charge in [0.15, 0.2) is 9.84 Å². The number of sulfone groups is 1. The predicted octanol–water partition coefficient (Wildman–Crippen LogP) is 2.30. The van der Waals surface area contributed by atoms with E-state index in [4.69, 9.17) is 0 Å². The smallest absolute Gasteiger partial charge is 0.178 e. The molecule has 1 rings (SSSR count). The Labute approximate surface area is 115 Å². The first kappa shape index (κ1) is 16.0. The van der Waals surface area contributed by atoms with Crippen LogP contribution in [0.4, 0.5) is 5.69 Å². The van der Waals surface area contributed by atoms with Crippen LogP contribution in [0.25, 0.3) is 0 Å². The average Bonchev–Trinajstić information content (AvgIpc) is 2.35. The van der Waals surface area contributed by atoms with E-state index in [1.165, 1.54) is 0 Å². The highest BCUT2D eigenvalue weighted by Crippen LogP contribution is 2.20. The molecule has 0 aromatic heterocycles. The van der Waals surface area contributed by atoms with Crippen LogP contribution >= 0.6 is 0 Å². The third kappa shape index (κ3) is 4.51. The topological polar surface area (TPSA) is 66.4 Å². The van der Waals surface area contributed by atoms with Crippen LogP contribution in [-0.4, -0.2) is 31.9 Å². The number of rotatable bonds is 5. The van der Waals surface area contributed by atoms with Crippen molar-refractivity contribution in [3.63, 3.8) is 0 Å². The maximum atomic E-state index is 11.6. The molecule has 5 heteroatoms. The van der Waals surface area contributed by atoms with Crippen LogP contribution in [-0.2, 0) is 9.84 Å². The highest BCUT2D eigenvalue weighted by atomic mass is 32.2. The first-order valence-electron chi connectivity index (χ1n) is 6.41. The van der Waals surface area contributed by atoms with E-state index in [0.29, 0.717) is 11.4 Å². The maximum absolute atomic E-state index is 11.6. The fourth-order valence-electron chi connectivity index (χ4n) is 1.47. The third-order valence-electron chi connectivity index (χ3n) is 3.09. The van der Waals surface area contributed by atoms with Crippen LogP contribution in [0.1, 0.15) is 27.7 Å². The van der Waals surface area contributed by atoms with E-state index in [9.17, 15) is 13.5 Å². The molecule has 4 nitrogen and oxygen atoms in total. The summed E-state index contributed by atoms with van der Waals surface area (Å²) in [5.74, 6) is 0.0997. The quantitative estimate of drug-likeness (QED) is 0.871. The lowest BCUT2D eigenvalue weighted by Gasteiger charge is -2.26. The van der Waals surface area contributed by atoms with Crippen molar-refractivity contribution in [3.05, 3.63) is 24.3 Å². The zero-order valence-electron chi connectivity index (χ0n) is 12.0. The summed E-state index contributed by atoms with van der Waals surface area (Å²) in [7, 11) is -3.15. The van der Waals surface area contributed by atoms with E-state index >= 15 is 0 Å². The second-order valence-electron chi connectivity index (χ2n) is 5.69. The number of hydrogen-bond donors (Lipinski definition) is 2. The monoisotopic (exact) mass is 285 g/mol. The molecule has 1 aromatic rings. The van der Waals surface area contributed by atoms with Gasteiger partial charge in [0.2, 0.25) is 0 Å². The second-order valence-corrected chi connectivity index (χ2v) is 7.97. The van der Waals surface area contributed by atoms with Crippen LogP contribution in [0.15, 0.2) is 29.2 Å². The third-order valence-corrected chi connectivity index (χ3v) is 4.84. The molecule has 0 radical (unpaired) electrons. The van der Waals surface area contributed by atoms with Crippen LogP contribution in [0.2, 0.25) is 0 Å². The van der Waals surface area contributed by atoms with Gasteiger partial charge in [-0.15, -0.1) is 0 Å². The molecule has 0 aliphatic carbocycles. The zero-order chi connectivity index (χ0) is 14.7. The molecule has 0 saturated heterocycles. The lowest BCUT2D eigenvalue weighted by Crippen LogP contribution is -2.32. The Bertz CT molecular complexity index is 500. The van der Waals surface area contributed by atoms with Gasteiger partial charge in [-0.2, -0.15) is 0 Å². The molecule has 108 valence electrons. The number of anilines is 1. The number of benzene rings is 1. The molecular weight excluding hydrogens is 262 g/mol. The van der Waals surface area contributed by atoms with Crippen molar-refractivity contribution < 1.29 is 13.5 Å². The van der Waals surface area contributed by atoms with E-state index in [2.05, 4.69) is 5.32 Å². The molecule has 19 heavy (non-hydrogen) atoms. The summed E-state index contributed by atoms with van der Waals surface area (Å²) in [6, 6.07) is 6.62.